The second kappa shape index (κ2) is 8.94. The third kappa shape index (κ3) is 4.39. The molecule has 2 aromatic carbocycles. The van der Waals surface area contributed by atoms with Crippen molar-refractivity contribution in [2.75, 3.05) is 5.32 Å². The summed E-state index contributed by atoms with van der Waals surface area (Å²) in [5, 5.41) is 10.9. The van der Waals surface area contributed by atoms with E-state index in [1.165, 1.54) is 5.56 Å². The number of nitrogens with one attached hydrogen (secondary N) is 3. The molecule has 2 heterocycles. The highest BCUT2D eigenvalue weighted by Crippen LogP contribution is 2.29. The SMILES string of the molecule is CCc1ccc(-n2cc(-c3ccc4[nH]cc(NC(=O)C(=O)NC5CCCC5)c4c3)cn2)cc1. The van der Waals surface area contributed by atoms with Crippen LogP contribution in [0.2, 0.25) is 0 Å². The number of hydrogen-bond acceptors (Lipinski definition) is 3. The number of amides is 2. The molecule has 2 aromatic heterocycles. The fraction of sp³-hybridized carbons (Fsp3) is 0.269. The van der Waals surface area contributed by atoms with Gasteiger partial charge >= 0.3 is 11.8 Å². The Hall–Kier alpha value is -3.87. The summed E-state index contributed by atoms with van der Waals surface area (Å²) < 4.78 is 1.85. The molecule has 1 aliphatic carbocycles. The van der Waals surface area contributed by atoms with Gasteiger partial charge in [0.2, 0.25) is 0 Å². The lowest BCUT2D eigenvalue weighted by Crippen LogP contribution is -2.40. The molecule has 0 aliphatic heterocycles. The van der Waals surface area contributed by atoms with E-state index < -0.39 is 11.8 Å². The maximum atomic E-state index is 12.5. The number of benzene rings is 2. The van der Waals surface area contributed by atoms with Crippen LogP contribution in [0.25, 0.3) is 27.7 Å². The normalized spacial score (nSPS) is 14.0. The zero-order valence-electron chi connectivity index (χ0n) is 18.6. The van der Waals surface area contributed by atoms with Crippen molar-refractivity contribution in [3.63, 3.8) is 0 Å². The van der Waals surface area contributed by atoms with Crippen LogP contribution >= 0.6 is 0 Å². The standard InChI is InChI=1S/C26H27N5O2/c1-2-17-7-10-21(11-8-17)31-16-19(14-28-31)18-9-12-23-22(13-18)24(15-27-23)30-26(33)25(32)29-20-5-3-4-6-20/h7-16,20,27H,2-6H2,1H3,(H,29,32)(H,30,33). The van der Waals surface area contributed by atoms with Gasteiger partial charge in [-0.2, -0.15) is 5.10 Å². The predicted molar refractivity (Wildman–Crippen MR) is 129 cm³/mol. The van der Waals surface area contributed by atoms with Gasteiger partial charge in [0.05, 0.1) is 17.6 Å². The lowest BCUT2D eigenvalue weighted by Gasteiger charge is -2.11. The minimum atomic E-state index is -0.642. The number of aromatic nitrogens is 3. The smallest absolute Gasteiger partial charge is 0.313 e. The van der Waals surface area contributed by atoms with E-state index in [0.29, 0.717) is 5.69 Å². The molecule has 168 valence electrons. The second-order valence-electron chi connectivity index (χ2n) is 8.57. The number of carbonyl (C=O) groups is 2. The molecule has 7 nitrogen and oxygen atoms in total. The van der Waals surface area contributed by atoms with E-state index in [4.69, 9.17) is 0 Å². The van der Waals surface area contributed by atoms with Gasteiger partial charge in [-0.15, -0.1) is 0 Å². The Morgan fingerprint density at radius 3 is 2.61 bits per heavy atom. The quantitative estimate of drug-likeness (QED) is 0.396. The van der Waals surface area contributed by atoms with Crippen LogP contribution in [0.5, 0.6) is 0 Å². The third-order valence-corrected chi connectivity index (χ3v) is 6.35. The first-order valence-electron chi connectivity index (χ1n) is 11.5. The van der Waals surface area contributed by atoms with Crippen molar-refractivity contribution in [2.24, 2.45) is 0 Å². The highest BCUT2D eigenvalue weighted by Gasteiger charge is 2.22. The number of rotatable bonds is 5. The highest BCUT2D eigenvalue weighted by molar-refractivity contribution is 6.40. The van der Waals surface area contributed by atoms with E-state index in [1.807, 2.05) is 35.3 Å². The number of fused-ring (bicyclic) bond motifs is 1. The number of aryl methyl sites for hydroxylation is 1. The molecule has 0 spiro atoms. The number of hydrogen-bond donors (Lipinski definition) is 3. The number of carbonyl (C=O) groups excluding carboxylic acids is 2. The van der Waals surface area contributed by atoms with Crippen molar-refractivity contribution in [2.45, 2.75) is 45.1 Å². The Labute approximate surface area is 192 Å². The Balaban J connectivity index is 1.35. The molecule has 7 heteroatoms. The third-order valence-electron chi connectivity index (χ3n) is 6.35. The molecule has 1 aliphatic rings. The fourth-order valence-electron chi connectivity index (χ4n) is 4.40. The van der Waals surface area contributed by atoms with Gasteiger partial charge in [0.1, 0.15) is 0 Å². The Bertz CT molecular complexity index is 1300. The summed E-state index contributed by atoms with van der Waals surface area (Å²) in [4.78, 5) is 27.9. The van der Waals surface area contributed by atoms with Crippen molar-refractivity contribution in [3.05, 3.63) is 66.6 Å². The first-order valence-corrected chi connectivity index (χ1v) is 11.5. The lowest BCUT2D eigenvalue weighted by atomic mass is 10.1. The molecule has 4 aromatic rings. The van der Waals surface area contributed by atoms with Crippen molar-refractivity contribution < 1.29 is 9.59 Å². The van der Waals surface area contributed by atoms with Crippen molar-refractivity contribution in [1.29, 1.82) is 0 Å². The highest BCUT2D eigenvalue weighted by atomic mass is 16.2. The second-order valence-corrected chi connectivity index (χ2v) is 8.57. The van der Waals surface area contributed by atoms with E-state index in [0.717, 1.165) is 59.8 Å². The van der Waals surface area contributed by atoms with Crippen molar-refractivity contribution in [1.82, 2.24) is 20.1 Å². The summed E-state index contributed by atoms with van der Waals surface area (Å²) >= 11 is 0. The molecule has 0 bridgehead atoms. The zero-order chi connectivity index (χ0) is 22.8. The topological polar surface area (TPSA) is 91.8 Å². The minimum absolute atomic E-state index is 0.104. The Morgan fingerprint density at radius 2 is 1.85 bits per heavy atom. The van der Waals surface area contributed by atoms with E-state index in [2.05, 4.69) is 51.9 Å². The van der Waals surface area contributed by atoms with Crippen LogP contribution < -0.4 is 10.6 Å². The summed E-state index contributed by atoms with van der Waals surface area (Å²) in [7, 11) is 0. The molecule has 3 N–H and O–H groups in total. The van der Waals surface area contributed by atoms with Crippen LogP contribution in [-0.4, -0.2) is 32.6 Å². The van der Waals surface area contributed by atoms with Crippen molar-refractivity contribution in [3.8, 4) is 16.8 Å². The molecule has 0 unspecified atom stereocenters. The number of H-pyrrole nitrogens is 1. The summed E-state index contributed by atoms with van der Waals surface area (Å²) in [6.45, 7) is 2.14. The fourth-order valence-corrected chi connectivity index (χ4v) is 4.40. The first kappa shape index (κ1) is 21.0. The molecule has 0 radical (unpaired) electrons. The zero-order valence-corrected chi connectivity index (χ0v) is 18.6. The number of nitrogens with zero attached hydrogens (tertiary/aromatic N) is 2. The molecule has 1 fully saturated rings. The largest absolute Gasteiger partial charge is 0.359 e. The number of aromatic amines is 1. The summed E-state index contributed by atoms with van der Waals surface area (Å²) in [6, 6.07) is 14.4. The van der Waals surface area contributed by atoms with Gasteiger partial charge in [0.15, 0.2) is 0 Å². The van der Waals surface area contributed by atoms with E-state index in [-0.39, 0.29) is 6.04 Å². The van der Waals surface area contributed by atoms with Crippen LogP contribution in [-0.2, 0) is 16.0 Å². The van der Waals surface area contributed by atoms with Gasteiger partial charge in [-0.3, -0.25) is 9.59 Å². The Morgan fingerprint density at radius 1 is 1.06 bits per heavy atom. The van der Waals surface area contributed by atoms with Gasteiger partial charge < -0.3 is 15.6 Å². The predicted octanol–water partition coefficient (Wildman–Crippen LogP) is 4.58. The average Bonchev–Trinajstić information content (AvgIpc) is 3.60. The summed E-state index contributed by atoms with van der Waals surface area (Å²) in [6.07, 6.45) is 10.6. The van der Waals surface area contributed by atoms with Crippen LogP contribution in [0.15, 0.2) is 61.1 Å². The van der Waals surface area contributed by atoms with Gasteiger partial charge in [-0.25, -0.2) is 4.68 Å². The molecule has 0 saturated heterocycles. The van der Waals surface area contributed by atoms with E-state index in [1.54, 1.807) is 6.20 Å². The molecule has 33 heavy (non-hydrogen) atoms. The molecule has 5 rings (SSSR count). The summed E-state index contributed by atoms with van der Waals surface area (Å²) in [5.74, 6) is -1.22. The number of anilines is 1. The van der Waals surface area contributed by atoms with Gasteiger partial charge in [-0.1, -0.05) is 38.0 Å². The molecule has 1 saturated carbocycles. The van der Waals surface area contributed by atoms with E-state index in [9.17, 15) is 9.59 Å². The maximum Gasteiger partial charge on any atom is 0.313 e. The molecule has 2 amide bonds. The minimum Gasteiger partial charge on any atom is -0.359 e. The lowest BCUT2D eigenvalue weighted by molar-refractivity contribution is -0.136. The van der Waals surface area contributed by atoms with Crippen LogP contribution in [0, 0.1) is 0 Å². The van der Waals surface area contributed by atoms with Crippen molar-refractivity contribution >= 4 is 28.4 Å². The monoisotopic (exact) mass is 441 g/mol. The first-order chi connectivity index (χ1) is 16.1. The van der Waals surface area contributed by atoms with Gasteiger partial charge in [-0.05, 0) is 54.7 Å². The van der Waals surface area contributed by atoms with Crippen LogP contribution in [0.1, 0.15) is 38.2 Å². The molecular weight excluding hydrogens is 414 g/mol. The van der Waals surface area contributed by atoms with Crippen LogP contribution in [0.3, 0.4) is 0 Å². The maximum absolute atomic E-state index is 12.5. The molecular formula is C26H27N5O2. The Kier molecular flexibility index (Phi) is 5.69. The average molecular weight is 442 g/mol. The van der Waals surface area contributed by atoms with Gasteiger partial charge in [0.25, 0.3) is 0 Å². The van der Waals surface area contributed by atoms with Gasteiger partial charge in [0, 0.05) is 34.9 Å². The summed E-state index contributed by atoms with van der Waals surface area (Å²) in [5.41, 5.74) is 5.70. The van der Waals surface area contributed by atoms with Crippen LogP contribution in [0.4, 0.5) is 5.69 Å². The van der Waals surface area contributed by atoms with E-state index >= 15 is 0 Å². The molecule has 0 atom stereocenters.